The zero-order valence-electron chi connectivity index (χ0n) is 17.9. The highest BCUT2D eigenvalue weighted by Crippen LogP contribution is 2.23. The normalized spacial score (nSPS) is 16.3. The highest BCUT2D eigenvalue weighted by molar-refractivity contribution is 7.88. The number of benzene rings is 1. The van der Waals surface area contributed by atoms with E-state index in [1.807, 2.05) is 19.9 Å². The first-order chi connectivity index (χ1) is 13.6. The fourth-order valence-electron chi connectivity index (χ4n) is 3.99. The second-order valence-electron chi connectivity index (χ2n) is 8.28. The molecule has 0 aliphatic carbocycles. The fourth-order valence-corrected chi connectivity index (χ4v) is 4.87. The van der Waals surface area contributed by atoms with Crippen LogP contribution in [0.4, 0.5) is 0 Å². The Morgan fingerprint density at radius 1 is 1.10 bits per heavy atom. The number of sulfonamides is 1. The molecule has 6 nitrogen and oxygen atoms in total. The molecule has 3 rings (SSSR count). The molecule has 2 aromatic rings. The van der Waals surface area contributed by atoms with Crippen LogP contribution in [-0.2, 0) is 10.0 Å². The molecule has 0 bridgehead atoms. The average Bonchev–Trinajstić information content (AvgIpc) is 2.96. The number of rotatable bonds is 5. The maximum absolute atomic E-state index is 12.9. The average molecular weight is 418 g/mol. The van der Waals surface area contributed by atoms with Gasteiger partial charge in [0, 0.05) is 36.2 Å². The minimum absolute atomic E-state index is 0.00567. The fraction of sp³-hybridized carbons (Fsp3) is 0.500. The van der Waals surface area contributed by atoms with Crippen LogP contribution in [0.2, 0.25) is 0 Å². The summed E-state index contributed by atoms with van der Waals surface area (Å²) in [5, 5.41) is 3.09. The Hall–Kier alpha value is -2.12. The van der Waals surface area contributed by atoms with Gasteiger partial charge in [0.1, 0.15) is 0 Å². The summed E-state index contributed by atoms with van der Waals surface area (Å²) in [6, 6.07) is 10.4. The lowest BCUT2D eigenvalue weighted by Gasteiger charge is -2.30. The molecule has 1 aromatic heterocycles. The summed E-state index contributed by atoms with van der Waals surface area (Å²) in [6.07, 6.45) is 2.50. The summed E-state index contributed by atoms with van der Waals surface area (Å²) in [6.45, 7) is 9.21. The smallest absolute Gasteiger partial charge is 0.253 e. The van der Waals surface area contributed by atoms with Crippen LogP contribution in [0, 0.1) is 13.8 Å². The number of nitrogens with zero attached hydrogens (tertiary/aromatic N) is 2. The van der Waals surface area contributed by atoms with Gasteiger partial charge in [0.05, 0.1) is 11.8 Å². The molecular weight excluding hydrogens is 386 g/mol. The molecule has 1 aliphatic rings. The van der Waals surface area contributed by atoms with E-state index in [2.05, 4.69) is 48.0 Å². The van der Waals surface area contributed by atoms with Crippen molar-refractivity contribution in [2.45, 2.75) is 52.5 Å². The van der Waals surface area contributed by atoms with Crippen LogP contribution in [0.3, 0.4) is 0 Å². The molecule has 1 amide bonds. The van der Waals surface area contributed by atoms with Gasteiger partial charge in [-0.05, 0) is 56.4 Å². The van der Waals surface area contributed by atoms with Gasteiger partial charge < -0.3 is 9.88 Å². The first-order valence-electron chi connectivity index (χ1n) is 10.1. The minimum Gasteiger partial charge on any atom is -0.349 e. The second kappa shape index (κ2) is 8.32. The van der Waals surface area contributed by atoms with Gasteiger partial charge in [0.2, 0.25) is 10.0 Å². The van der Waals surface area contributed by atoms with Crippen LogP contribution in [0.15, 0.2) is 30.3 Å². The molecule has 0 radical (unpaired) electrons. The minimum atomic E-state index is -3.16. The third-order valence-corrected chi connectivity index (χ3v) is 7.06. The van der Waals surface area contributed by atoms with Crippen molar-refractivity contribution in [3.63, 3.8) is 0 Å². The van der Waals surface area contributed by atoms with Crippen molar-refractivity contribution in [1.29, 1.82) is 0 Å². The van der Waals surface area contributed by atoms with Crippen LogP contribution in [0.25, 0.3) is 5.69 Å². The molecule has 0 unspecified atom stereocenters. The van der Waals surface area contributed by atoms with Crippen molar-refractivity contribution in [3.05, 3.63) is 52.8 Å². The molecule has 1 fully saturated rings. The number of aryl methyl sites for hydroxylation is 1. The van der Waals surface area contributed by atoms with Crippen LogP contribution < -0.4 is 5.32 Å². The van der Waals surface area contributed by atoms with Gasteiger partial charge in [-0.2, -0.15) is 0 Å². The number of hydrogen-bond donors (Lipinski definition) is 1. The number of piperidine rings is 1. The summed E-state index contributed by atoms with van der Waals surface area (Å²) in [7, 11) is -3.16. The van der Waals surface area contributed by atoms with E-state index in [9.17, 15) is 13.2 Å². The Morgan fingerprint density at radius 3 is 2.21 bits per heavy atom. The topological polar surface area (TPSA) is 71.4 Å². The predicted octanol–water partition coefficient (Wildman–Crippen LogP) is 3.37. The number of nitrogens with one attached hydrogen (secondary N) is 1. The Morgan fingerprint density at radius 2 is 1.69 bits per heavy atom. The second-order valence-corrected chi connectivity index (χ2v) is 10.3. The van der Waals surface area contributed by atoms with E-state index in [0.717, 1.165) is 17.1 Å². The molecule has 1 aliphatic heterocycles. The first-order valence-corrected chi connectivity index (χ1v) is 12.0. The van der Waals surface area contributed by atoms with Crippen molar-refractivity contribution >= 4 is 15.9 Å². The van der Waals surface area contributed by atoms with E-state index in [1.165, 1.54) is 16.1 Å². The largest absolute Gasteiger partial charge is 0.349 e. The Kier molecular flexibility index (Phi) is 6.19. The summed E-state index contributed by atoms with van der Waals surface area (Å²) >= 11 is 0. The van der Waals surface area contributed by atoms with E-state index in [-0.39, 0.29) is 11.9 Å². The number of amides is 1. The molecule has 2 heterocycles. The van der Waals surface area contributed by atoms with E-state index < -0.39 is 10.0 Å². The first kappa shape index (κ1) is 21.6. The summed E-state index contributed by atoms with van der Waals surface area (Å²) in [5.41, 5.74) is 4.92. The van der Waals surface area contributed by atoms with Crippen LogP contribution in [0.5, 0.6) is 0 Å². The zero-order valence-corrected chi connectivity index (χ0v) is 18.7. The lowest BCUT2D eigenvalue weighted by molar-refractivity contribution is 0.0923. The van der Waals surface area contributed by atoms with Gasteiger partial charge in [-0.1, -0.05) is 26.0 Å². The summed E-state index contributed by atoms with van der Waals surface area (Å²) < 4.78 is 26.9. The van der Waals surface area contributed by atoms with Crippen LogP contribution in [-0.4, -0.2) is 48.6 Å². The molecular formula is C22H31N3O3S. The molecule has 1 aromatic carbocycles. The van der Waals surface area contributed by atoms with Crippen molar-refractivity contribution in [1.82, 2.24) is 14.2 Å². The lowest BCUT2D eigenvalue weighted by atomic mass is 10.0. The Bertz CT molecular complexity index is 983. The van der Waals surface area contributed by atoms with Crippen molar-refractivity contribution in [2.75, 3.05) is 19.3 Å². The molecule has 1 saturated heterocycles. The Balaban J connectivity index is 1.73. The Labute approximate surface area is 174 Å². The summed E-state index contributed by atoms with van der Waals surface area (Å²) in [4.78, 5) is 12.9. The van der Waals surface area contributed by atoms with E-state index in [1.54, 1.807) is 0 Å². The van der Waals surface area contributed by atoms with Crippen molar-refractivity contribution in [2.24, 2.45) is 0 Å². The van der Waals surface area contributed by atoms with Gasteiger partial charge >= 0.3 is 0 Å². The van der Waals surface area contributed by atoms with Gasteiger partial charge in [0.15, 0.2) is 0 Å². The van der Waals surface area contributed by atoms with Gasteiger partial charge in [-0.25, -0.2) is 12.7 Å². The van der Waals surface area contributed by atoms with Gasteiger partial charge in [-0.3, -0.25) is 4.79 Å². The van der Waals surface area contributed by atoms with Crippen LogP contribution in [0.1, 0.15) is 59.9 Å². The lowest BCUT2D eigenvalue weighted by Crippen LogP contribution is -2.46. The third kappa shape index (κ3) is 4.73. The van der Waals surface area contributed by atoms with Crippen molar-refractivity contribution < 1.29 is 13.2 Å². The maximum Gasteiger partial charge on any atom is 0.253 e. The molecule has 1 N–H and O–H groups in total. The molecule has 7 heteroatoms. The highest BCUT2D eigenvalue weighted by atomic mass is 32.2. The molecule has 0 spiro atoms. The number of hydrogen-bond acceptors (Lipinski definition) is 3. The molecule has 158 valence electrons. The van der Waals surface area contributed by atoms with Gasteiger partial charge in [-0.15, -0.1) is 0 Å². The molecule has 0 saturated carbocycles. The van der Waals surface area contributed by atoms with Crippen LogP contribution >= 0.6 is 0 Å². The SMILES string of the molecule is Cc1cc(C(=O)NC2CCN(S(C)(=O)=O)CC2)c(C)n1-c1ccc(C(C)C)cc1. The van der Waals surface area contributed by atoms with E-state index in [4.69, 9.17) is 0 Å². The standard InChI is InChI=1S/C22H31N3O3S/c1-15(2)18-6-8-20(9-7-18)25-16(3)14-21(17(25)4)22(26)23-19-10-12-24(13-11-19)29(5,27)28/h6-9,14-15,19H,10-13H2,1-5H3,(H,23,26). The predicted molar refractivity (Wildman–Crippen MR) is 116 cm³/mol. The van der Waals surface area contributed by atoms with Gasteiger partial charge in [0.25, 0.3) is 5.91 Å². The zero-order chi connectivity index (χ0) is 21.3. The number of carbonyl (C=O) groups excluding carboxylic acids is 1. The highest BCUT2D eigenvalue weighted by Gasteiger charge is 2.27. The summed E-state index contributed by atoms with van der Waals surface area (Å²) in [5.74, 6) is 0.382. The van der Waals surface area contributed by atoms with E-state index >= 15 is 0 Å². The number of aromatic nitrogens is 1. The molecule has 29 heavy (non-hydrogen) atoms. The van der Waals surface area contributed by atoms with E-state index in [0.29, 0.717) is 37.4 Å². The number of carbonyl (C=O) groups is 1. The quantitative estimate of drug-likeness (QED) is 0.811. The van der Waals surface area contributed by atoms with Crippen molar-refractivity contribution in [3.8, 4) is 5.69 Å². The maximum atomic E-state index is 12.9. The third-order valence-electron chi connectivity index (χ3n) is 5.75. The molecule has 0 atom stereocenters. The monoisotopic (exact) mass is 417 g/mol.